The number of fused-ring (bicyclic) bond motifs is 1. The molecule has 0 radical (unpaired) electrons. The topological polar surface area (TPSA) is 52.0 Å². The summed E-state index contributed by atoms with van der Waals surface area (Å²) in [5.41, 5.74) is 1.57. The first-order chi connectivity index (χ1) is 9.64. The van der Waals surface area contributed by atoms with Crippen LogP contribution in [0.5, 0.6) is 0 Å². The number of nitrogens with zero attached hydrogens (tertiary/aromatic N) is 2. The van der Waals surface area contributed by atoms with E-state index in [1.807, 2.05) is 19.0 Å². The molecule has 0 aliphatic heterocycles. The monoisotopic (exact) mass is 284 g/mol. The van der Waals surface area contributed by atoms with Gasteiger partial charge in [0.2, 0.25) is 0 Å². The van der Waals surface area contributed by atoms with Gasteiger partial charge in [0.25, 0.3) is 10.0 Å². The van der Waals surface area contributed by atoms with E-state index >= 15 is 0 Å². The third-order valence-corrected chi connectivity index (χ3v) is 5.01. The lowest BCUT2D eigenvalue weighted by molar-refractivity contribution is 0.589. The second-order valence-corrected chi connectivity index (χ2v) is 6.31. The highest BCUT2D eigenvalue weighted by molar-refractivity contribution is 7.90. The minimum absolute atomic E-state index is 0.265. The zero-order valence-electron chi connectivity index (χ0n) is 11.0. The van der Waals surface area contributed by atoms with Crippen molar-refractivity contribution in [3.63, 3.8) is 0 Å². The first kappa shape index (κ1) is 12.9. The Bertz CT molecular complexity index is 857. The summed E-state index contributed by atoms with van der Waals surface area (Å²) >= 11 is 0. The van der Waals surface area contributed by atoms with Crippen LogP contribution in [0.1, 0.15) is 0 Å². The number of benzene rings is 1. The molecule has 0 amide bonds. The molecule has 3 rings (SSSR count). The van der Waals surface area contributed by atoms with Gasteiger partial charge in [0.1, 0.15) is 0 Å². The van der Waals surface area contributed by atoms with E-state index in [0.717, 1.165) is 18.1 Å². The van der Waals surface area contributed by atoms with Crippen molar-refractivity contribution in [3.05, 3.63) is 54.9 Å². The van der Waals surface area contributed by atoms with Crippen LogP contribution >= 0.6 is 0 Å². The van der Waals surface area contributed by atoms with Gasteiger partial charge in [-0.1, -0.05) is 30.5 Å². The molecule has 0 spiro atoms. The maximum Gasteiger partial charge on any atom is 0.269 e. The Morgan fingerprint density at radius 1 is 1.10 bits per heavy atom. The number of pyridine rings is 1. The fourth-order valence-electron chi connectivity index (χ4n) is 2.28. The van der Waals surface area contributed by atoms with Crippen molar-refractivity contribution in [2.75, 3.05) is 0 Å². The van der Waals surface area contributed by atoms with Gasteiger partial charge in [0.05, 0.1) is 4.90 Å². The van der Waals surface area contributed by atoms with E-state index in [1.165, 1.54) is 3.97 Å². The summed E-state index contributed by atoms with van der Waals surface area (Å²) in [6.07, 6.45) is 3.22. The van der Waals surface area contributed by atoms with Crippen LogP contribution in [0.25, 0.3) is 11.0 Å². The summed E-state index contributed by atoms with van der Waals surface area (Å²) in [6, 6.07) is 12.1. The largest absolute Gasteiger partial charge is 0.269 e. The zero-order chi connectivity index (χ0) is 14.2. The first-order valence-electron chi connectivity index (χ1n) is 6.40. The van der Waals surface area contributed by atoms with Crippen LogP contribution < -0.4 is 5.46 Å². The lowest BCUT2D eigenvalue weighted by Crippen LogP contribution is -2.15. The minimum atomic E-state index is -3.59. The Morgan fingerprint density at radius 3 is 2.55 bits per heavy atom. The summed E-state index contributed by atoms with van der Waals surface area (Å²) in [5.74, 6) is 0. The molecule has 4 nitrogen and oxygen atoms in total. The van der Waals surface area contributed by atoms with Gasteiger partial charge in [-0.05, 0) is 24.3 Å². The Balaban J connectivity index is 2.26. The number of rotatable bonds is 3. The normalized spacial score (nSPS) is 11.7. The molecule has 3 aromatic rings. The van der Waals surface area contributed by atoms with Crippen LogP contribution in [0.4, 0.5) is 0 Å². The summed E-state index contributed by atoms with van der Waals surface area (Å²) in [7, 11) is -2.75. The molecular formula is C14H13BN2O2S. The molecule has 0 aliphatic carbocycles. The number of hydrogen-bond acceptors (Lipinski definition) is 3. The minimum Gasteiger partial charge on any atom is -0.237 e. The van der Waals surface area contributed by atoms with Gasteiger partial charge < -0.3 is 0 Å². The van der Waals surface area contributed by atoms with Gasteiger partial charge in [0.15, 0.2) is 12.9 Å². The smallest absolute Gasteiger partial charge is 0.237 e. The molecule has 0 atom stereocenters. The van der Waals surface area contributed by atoms with Gasteiger partial charge in [-0.25, -0.2) is 17.4 Å². The van der Waals surface area contributed by atoms with Crippen LogP contribution in [0, 0.1) is 0 Å². The van der Waals surface area contributed by atoms with Crippen molar-refractivity contribution in [2.24, 2.45) is 0 Å². The van der Waals surface area contributed by atoms with E-state index in [1.54, 1.807) is 42.7 Å². The molecule has 2 heterocycles. The third-order valence-electron chi connectivity index (χ3n) is 3.33. The molecule has 0 fully saturated rings. The lowest BCUT2D eigenvalue weighted by atomic mass is 9.72. The number of hydrogen-bond donors (Lipinski definition) is 0. The van der Waals surface area contributed by atoms with Gasteiger partial charge in [-0.15, -0.1) is 0 Å². The summed E-state index contributed by atoms with van der Waals surface area (Å²) in [6.45, 7) is 2.04. The molecule has 0 N–H and O–H groups in total. The fraction of sp³-hybridized carbons (Fsp3) is 0.0714. The molecule has 1 aromatic carbocycles. The maximum atomic E-state index is 12.6. The molecule has 0 saturated heterocycles. The molecule has 100 valence electrons. The van der Waals surface area contributed by atoms with Crippen molar-refractivity contribution in [3.8, 4) is 0 Å². The van der Waals surface area contributed by atoms with E-state index < -0.39 is 10.0 Å². The van der Waals surface area contributed by atoms with E-state index in [0.29, 0.717) is 5.65 Å². The van der Waals surface area contributed by atoms with Crippen LogP contribution in [0.3, 0.4) is 0 Å². The van der Waals surface area contributed by atoms with Crippen molar-refractivity contribution < 1.29 is 8.42 Å². The van der Waals surface area contributed by atoms with Crippen molar-refractivity contribution in [1.82, 2.24) is 8.96 Å². The van der Waals surface area contributed by atoms with Crippen LogP contribution in [0.15, 0.2) is 59.8 Å². The highest BCUT2D eigenvalue weighted by atomic mass is 32.2. The Labute approximate surface area is 118 Å². The van der Waals surface area contributed by atoms with E-state index in [4.69, 9.17) is 0 Å². The average Bonchev–Trinajstić information content (AvgIpc) is 2.92. The maximum absolute atomic E-state index is 12.6. The van der Waals surface area contributed by atoms with Crippen LogP contribution in [-0.2, 0) is 10.0 Å². The van der Waals surface area contributed by atoms with E-state index in [2.05, 4.69) is 4.98 Å². The van der Waals surface area contributed by atoms with Gasteiger partial charge in [0, 0.05) is 17.8 Å². The summed E-state index contributed by atoms with van der Waals surface area (Å²) in [4.78, 5) is 4.49. The Hall–Kier alpha value is -2.08. The number of aromatic nitrogens is 2. The molecule has 20 heavy (non-hydrogen) atoms. The highest BCUT2D eigenvalue weighted by Gasteiger charge is 2.19. The van der Waals surface area contributed by atoms with E-state index in [9.17, 15) is 8.42 Å². The lowest BCUT2D eigenvalue weighted by Gasteiger charge is -2.07. The Morgan fingerprint density at radius 2 is 1.85 bits per heavy atom. The van der Waals surface area contributed by atoms with Crippen molar-refractivity contribution >= 4 is 33.8 Å². The second-order valence-electron chi connectivity index (χ2n) is 4.49. The fourth-order valence-corrected chi connectivity index (χ4v) is 3.60. The van der Waals surface area contributed by atoms with Crippen molar-refractivity contribution in [1.29, 1.82) is 0 Å². The van der Waals surface area contributed by atoms with Crippen LogP contribution in [-0.4, -0.2) is 24.7 Å². The highest BCUT2D eigenvalue weighted by Crippen LogP contribution is 2.19. The van der Waals surface area contributed by atoms with Gasteiger partial charge in [-0.3, -0.25) is 0 Å². The zero-order valence-corrected chi connectivity index (χ0v) is 11.8. The first-order valence-corrected chi connectivity index (χ1v) is 7.84. The summed E-state index contributed by atoms with van der Waals surface area (Å²) < 4.78 is 26.5. The molecule has 2 aromatic heterocycles. The molecule has 0 bridgehead atoms. The quantitative estimate of drug-likeness (QED) is 0.683. The third kappa shape index (κ3) is 1.93. The standard InChI is InChI=1S/C14H13BN2O2S/c1-15-13-7-9-16-14-12(13)8-10-17(14)20(18,19)11-5-3-2-4-6-11/h2-10,15H,1H3. The molecular weight excluding hydrogens is 271 g/mol. The van der Waals surface area contributed by atoms with Gasteiger partial charge >= 0.3 is 0 Å². The average molecular weight is 284 g/mol. The van der Waals surface area contributed by atoms with Gasteiger partial charge in [-0.2, -0.15) is 0 Å². The second kappa shape index (κ2) is 4.79. The predicted molar refractivity (Wildman–Crippen MR) is 81.4 cm³/mol. The predicted octanol–water partition coefficient (Wildman–Crippen LogP) is 1.38. The summed E-state index contributed by atoms with van der Waals surface area (Å²) in [5, 5.41) is 0.884. The van der Waals surface area contributed by atoms with Crippen LogP contribution in [0.2, 0.25) is 6.82 Å². The molecule has 0 aliphatic rings. The van der Waals surface area contributed by atoms with E-state index in [-0.39, 0.29) is 4.90 Å². The Kier molecular flexibility index (Phi) is 3.10. The molecule has 0 unspecified atom stereocenters. The molecule has 6 heteroatoms. The SMILES string of the molecule is CBc1ccnc2c1ccn2S(=O)(=O)c1ccccc1. The van der Waals surface area contributed by atoms with Crippen molar-refractivity contribution in [2.45, 2.75) is 11.7 Å². The molecule has 0 saturated carbocycles.